The van der Waals surface area contributed by atoms with E-state index in [1.165, 1.54) is 0 Å². The molecular formula is C16H10F4N4O5. The maximum absolute atomic E-state index is 13.4. The molecule has 0 saturated heterocycles. The van der Waals surface area contributed by atoms with Crippen LogP contribution in [0.1, 0.15) is 15.9 Å². The van der Waals surface area contributed by atoms with E-state index < -0.39 is 52.7 Å². The SMILES string of the molecule is O=C(O)CNC(=O)c1c(=O)cc(Oc2ccc(F)c(C(F)(F)F)c2)n2[nH]cnc12. The fourth-order valence-corrected chi connectivity index (χ4v) is 2.41. The van der Waals surface area contributed by atoms with E-state index in [2.05, 4.69) is 10.1 Å². The molecule has 2 heterocycles. The Kier molecular flexibility index (Phi) is 4.97. The predicted molar refractivity (Wildman–Crippen MR) is 87.3 cm³/mol. The Morgan fingerprint density at radius 2 is 2.00 bits per heavy atom. The lowest BCUT2D eigenvalue weighted by Crippen LogP contribution is -2.33. The van der Waals surface area contributed by atoms with E-state index in [9.17, 15) is 31.9 Å². The number of hydrogen-bond donors (Lipinski definition) is 3. The molecule has 0 radical (unpaired) electrons. The van der Waals surface area contributed by atoms with E-state index in [4.69, 9.17) is 9.84 Å². The molecule has 2 aromatic heterocycles. The van der Waals surface area contributed by atoms with Crippen LogP contribution in [0.4, 0.5) is 17.6 Å². The topological polar surface area (TPSA) is 126 Å². The first kappa shape index (κ1) is 19.9. The number of carbonyl (C=O) groups is 2. The van der Waals surface area contributed by atoms with Crippen LogP contribution in [0.3, 0.4) is 0 Å². The van der Waals surface area contributed by atoms with Gasteiger partial charge in [0, 0.05) is 6.07 Å². The van der Waals surface area contributed by atoms with Crippen LogP contribution in [-0.2, 0) is 11.0 Å². The minimum absolute atomic E-state index is 0.256. The fraction of sp³-hybridized carbons (Fsp3) is 0.125. The van der Waals surface area contributed by atoms with Crippen molar-refractivity contribution in [1.29, 1.82) is 0 Å². The molecular weight excluding hydrogens is 404 g/mol. The van der Waals surface area contributed by atoms with Crippen LogP contribution in [-0.4, -0.2) is 38.1 Å². The highest BCUT2D eigenvalue weighted by atomic mass is 19.4. The molecule has 1 aromatic carbocycles. The quantitative estimate of drug-likeness (QED) is 0.547. The average molecular weight is 414 g/mol. The maximum Gasteiger partial charge on any atom is 0.419 e. The summed E-state index contributed by atoms with van der Waals surface area (Å²) in [5.74, 6) is -4.62. The molecule has 9 nitrogen and oxygen atoms in total. The monoisotopic (exact) mass is 414 g/mol. The molecule has 0 spiro atoms. The zero-order valence-electron chi connectivity index (χ0n) is 14.1. The van der Waals surface area contributed by atoms with Gasteiger partial charge in [-0.3, -0.25) is 19.5 Å². The molecule has 29 heavy (non-hydrogen) atoms. The highest BCUT2D eigenvalue weighted by Crippen LogP contribution is 2.34. The molecule has 0 unspecified atom stereocenters. The van der Waals surface area contributed by atoms with Crippen molar-refractivity contribution in [3.63, 3.8) is 0 Å². The number of aromatic amines is 1. The summed E-state index contributed by atoms with van der Waals surface area (Å²) in [6, 6.07) is 2.68. The van der Waals surface area contributed by atoms with Crippen molar-refractivity contribution in [2.45, 2.75) is 6.18 Å². The highest BCUT2D eigenvalue weighted by Gasteiger charge is 2.34. The molecule has 0 aliphatic rings. The van der Waals surface area contributed by atoms with Gasteiger partial charge >= 0.3 is 12.1 Å². The number of nitrogens with one attached hydrogen (secondary N) is 2. The number of carboxylic acid groups (broad SMARTS) is 1. The van der Waals surface area contributed by atoms with Crippen molar-refractivity contribution >= 4 is 17.5 Å². The number of H-pyrrole nitrogens is 1. The number of benzene rings is 1. The van der Waals surface area contributed by atoms with Gasteiger partial charge in [0.25, 0.3) is 5.91 Å². The van der Waals surface area contributed by atoms with Gasteiger partial charge in [-0.2, -0.15) is 13.2 Å². The molecule has 3 rings (SSSR count). The summed E-state index contributed by atoms with van der Waals surface area (Å²) in [6.45, 7) is -0.747. The summed E-state index contributed by atoms with van der Waals surface area (Å²) in [7, 11) is 0. The van der Waals surface area contributed by atoms with Gasteiger partial charge in [-0.05, 0) is 18.2 Å². The lowest BCUT2D eigenvalue weighted by molar-refractivity contribution is -0.140. The Labute approximate surface area is 157 Å². The number of carbonyl (C=O) groups excluding carboxylic acids is 1. The molecule has 0 atom stereocenters. The van der Waals surface area contributed by atoms with Gasteiger partial charge in [0.1, 0.15) is 30.0 Å². The van der Waals surface area contributed by atoms with Crippen LogP contribution in [0.2, 0.25) is 0 Å². The zero-order valence-corrected chi connectivity index (χ0v) is 14.1. The smallest absolute Gasteiger partial charge is 0.419 e. The third-order valence-corrected chi connectivity index (χ3v) is 3.62. The van der Waals surface area contributed by atoms with E-state index in [1.807, 2.05) is 5.32 Å². The Hall–Kier alpha value is -3.90. The van der Waals surface area contributed by atoms with Crippen LogP contribution in [0.25, 0.3) is 5.65 Å². The van der Waals surface area contributed by atoms with E-state index in [1.54, 1.807) is 0 Å². The molecule has 3 aromatic rings. The van der Waals surface area contributed by atoms with E-state index >= 15 is 0 Å². The molecule has 0 saturated carbocycles. The minimum Gasteiger partial charge on any atom is -0.480 e. The number of amides is 1. The number of nitrogens with zero attached hydrogens (tertiary/aromatic N) is 2. The van der Waals surface area contributed by atoms with Crippen LogP contribution >= 0.6 is 0 Å². The molecule has 152 valence electrons. The average Bonchev–Trinajstić information content (AvgIpc) is 3.10. The Bertz CT molecular complexity index is 1170. The first-order valence-electron chi connectivity index (χ1n) is 7.71. The van der Waals surface area contributed by atoms with Crippen molar-refractivity contribution in [2.24, 2.45) is 0 Å². The molecule has 0 aliphatic heterocycles. The summed E-state index contributed by atoms with van der Waals surface area (Å²) in [6.07, 6.45) is -3.89. The van der Waals surface area contributed by atoms with Crippen molar-refractivity contribution in [3.8, 4) is 11.6 Å². The highest BCUT2D eigenvalue weighted by molar-refractivity contribution is 6.00. The summed E-state index contributed by atoms with van der Waals surface area (Å²) in [5, 5.41) is 13.1. The third kappa shape index (κ3) is 4.02. The second kappa shape index (κ2) is 7.26. The number of aliphatic carboxylic acids is 1. The summed E-state index contributed by atoms with van der Waals surface area (Å²) in [4.78, 5) is 38.8. The van der Waals surface area contributed by atoms with Crippen molar-refractivity contribution in [1.82, 2.24) is 19.9 Å². The van der Waals surface area contributed by atoms with E-state index in [-0.39, 0.29) is 11.5 Å². The second-order valence-corrected chi connectivity index (χ2v) is 5.59. The van der Waals surface area contributed by atoms with Crippen LogP contribution in [0.5, 0.6) is 11.6 Å². The number of halogens is 4. The molecule has 0 bridgehead atoms. The third-order valence-electron chi connectivity index (χ3n) is 3.62. The van der Waals surface area contributed by atoms with Gasteiger partial charge in [-0.25, -0.2) is 13.9 Å². The first-order chi connectivity index (χ1) is 13.6. The summed E-state index contributed by atoms with van der Waals surface area (Å²) in [5.41, 5.74) is -3.25. The van der Waals surface area contributed by atoms with Gasteiger partial charge in [0.2, 0.25) is 11.3 Å². The lowest BCUT2D eigenvalue weighted by atomic mass is 10.2. The standard InChI is InChI=1S/C16H10F4N4O5/c17-9-2-1-7(3-8(9)16(18,19)20)29-11-4-10(25)13(14-22-6-23-24(11)14)15(28)21-5-12(26)27/h1-4,6H,5H2,(H,21,28)(H,22,23)(H,26,27). The number of pyridine rings is 1. The normalized spacial score (nSPS) is 11.4. The van der Waals surface area contributed by atoms with Crippen molar-refractivity contribution in [2.75, 3.05) is 6.54 Å². The number of alkyl halides is 3. The zero-order chi connectivity index (χ0) is 21.3. The van der Waals surface area contributed by atoms with Gasteiger partial charge < -0.3 is 15.2 Å². The fourth-order valence-electron chi connectivity index (χ4n) is 2.41. The second-order valence-electron chi connectivity index (χ2n) is 5.59. The van der Waals surface area contributed by atoms with Gasteiger partial charge in [-0.15, -0.1) is 0 Å². The molecule has 0 fully saturated rings. The Morgan fingerprint density at radius 3 is 2.66 bits per heavy atom. The van der Waals surface area contributed by atoms with Crippen LogP contribution in [0.15, 0.2) is 35.4 Å². The van der Waals surface area contributed by atoms with E-state index in [0.717, 1.165) is 23.0 Å². The van der Waals surface area contributed by atoms with Crippen molar-refractivity contribution < 1.29 is 37.0 Å². The summed E-state index contributed by atoms with van der Waals surface area (Å²) < 4.78 is 58.2. The molecule has 1 amide bonds. The van der Waals surface area contributed by atoms with Gasteiger partial charge in [0.15, 0.2) is 5.65 Å². The van der Waals surface area contributed by atoms with Gasteiger partial charge in [0.05, 0.1) is 5.56 Å². The number of carboxylic acids is 1. The number of hydrogen-bond acceptors (Lipinski definition) is 5. The number of ether oxygens (including phenoxy) is 1. The van der Waals surface area contributed by atoms with Crippen LogP contribution in [0, 0.1) is 5.82 Å². The number of fused-ring (bicyclic) bond motifs is 1. The molecule has 13 heteroatoms. The van der Waals surface area contributed by atoms with Crippen molar-refractivity contribution in [3.05, 3.63) is 57.8 Å². The number of aromatic nitrogens is 3. The summed E-state index contributed by atoms with van der Waals surface area (Å²) >= 11 is 0. The maximum atomic E-state index is 13.4. The Balaban J connectivity index is 2.02. The molecule has 0 aliphatic carbocycles. The predicted octanol–water partition coefficient (Wildman–Crippen LogP) is 1.79. The minimum atomic E-state index is -4.96. The Morgan fingerprint density at radius 1 is 1.28 bits per heavy atom. The van der Waals surface area contributed by atoms with Crippen LogP contribution < -0.4 is 15.5 Å². The van der Waals surface area contributed by atoms with Gasteiger partial charge in [-0.1, -0.05) is 0 Å². The lowest BCUT2D eigenvalue weighted by Gasteiger charge is -2.12. The first-order valence-corrected chi connectivity index (χ1v) is 7.71. The van der Waals surface area contributed by atoms with E-state index in [0.29, 0.717) is 12.1 Å². The molecule has 3 N–H and O–H groups in total. The largest absolute Gasteiger partial charge is 0.480 e. The number of rotatable bonds is 5.